The number of nitrogens with zero attached hydrogens (tertiary/aromatic N) is 2. The largest absolute Gasteiger partial charge is 0.305 e. The Labute approximate surface area is 86.8 Å². The number of hydrogen-bond donors (Lipinski definition) is 0. The molecule has 2 rings (SSSR count). The van der Waals surface area contributed by atoms with Crippen molar-refractivity contribution >= 4 is 23.4 Å². The summed E-state index contributed by atoms with van der Waals surface area (Å²) in [5.74, 6) is 0.836. The van der Waals surface area contributed by atoms with E-state index in [1.54, 1.807) is 22.9 Å². The highest BCUT2D eigenvalue weighted by Crippen LogP contribution is 2.32. The number of hydrogen-bond acceptors (Lipinski definition) is 3. The molecule has 1 aromatic rings. The topological polar surface area (TPSA) is 33.2 Å². The predicted molar refractivity (Wildman–Crippen MR) is 57.5 cm³/mol. The molecule has 0 aromatic carbocycles. The van der Waals surface area contributed by atoms with Crippen LogP contribution in [0.4, 0.5) is 5.69 Å². The fourth-order valence-corrected chi connectivity index (χ4v) is 2.32. The van der Waals surface area contributed by atoms with E-state index in [1.165, 1.54) is 6.08 Å². The second kappa shape index (κ2) is 3.84. The molecule has 0 unspecified atom stereocenters. The van der Waals surface area contributed by atoms with Crippen LogP contribution in [0.25, 0.3) is 0 Å². The second-order valence-corrected chi connectivity index (χ2v) is 3.95. The highest BCUT2D eigenvalue weighted by atomic mass is 32.2. The summed E-state index contributed by atoms with van der Waals surface area (Å²) in [6, 6.07) is 3.75. The average Bonchev–Trinajstić information content (AvgIpc) is 2.27. The van der Waals surface area contributed by atoms with E-state index in [0.29, 0.717) is 0 Å². The van der Waals surface area contributed by atoms with E-state index in [2.05, 4.69) is 11.6 Å². The monoisotopic (exact) mass is 206 g/mol. The SMILES string of the molecule is C=CC(=O)N1CCSc2ncccc21. The zero-order valence-electron chi connectivity index (χ0n) is 7.64. The molecular formula is C10H10N2OS. The van der Waals surface area contributed by atoms with Crippen molar-refractivity contribution in [3.63, 3.8) is 0 Å². The van der Waals surface area contributed by atoms with Crippen LogP contribution in [-0.4, -0.2) is 23.2 Å². The van der Waals surface area contributed by atoms with Crippen molar-refractivity contribution < 1.29 is 4.79 Å². The molecule has 3 nitrogen and oxygen atoms in total. The standard InChI is InChI=1S/C10H10N2OS/c1-2-9(13)12-6-7-14-10-8(12)4-3-5-11-10/h2-5H,1,6-7H2. The van der Waals surface area contributed by atoms with Crippen LogP contribution >= 0.6 is 11.8 Å². The minimum absolute atomic E-state index is 0.0560. The van der Waals surface area contributed by atoms with Crippen molar-refractivity contribution in [3.8, 4) is 0 Å². The van der Waals surface area contributed by atoms with E-state index < -0.39 is 0 Å². The highest BCUT2D eigenvalue weighted by Gasteiger charge is 2.21. The number of carbonyl (C=O) groups is 1. The van der Waals surface area contributed by atoms with Gasteiger partial charge in [0.2, 0.25) is 5.91 Å². The molecule has 14 heavy (non-hydrogen) atoms. The molecule has 1 aromatic heterocycles. The third kappa shape index (κ3) is 1.53. The van der Waals surface area contributed by atoms with Gasteiger partial charge in [0.15, 0.2) is 0 Å². The van der Waals surface area contributed by atoms with Crippen LogP contribution in [0.5, 0.6) is 0 Å². The summed E-state index contributed by atoms with van der Waals surface area (Å²) in [4.78, 5) is 17.4. The molecule has 0 N–H and O–H groups in total. The maximum Gasteiger partial charge on any atom is 0.250 e. The number of fused-ring (bicyclic) bond motifs is 1. The van der Waals surface area contributed by atoms with Crippen LogP contribution in [0.15, 0.2) is 36.0 Å². The van der Waals surface area contributed by atoms with Gasteiger partial charge in [0, 0.05) is 18.5 Å². The lowest BCUT2D eigenvalue weighted by Gasteiger charge is -2.26. The van der Waals surface area contributed by atoms with Gasteiger partial charge in [-0.25, -0.2) is 4.98 Å². The van der Waals surface area contributed by atoms with Crippen LogP contribution in [0.1, 0.15) is 0 Å². The van der Waals surface area contributed by atoms with Crippen LogP contribution in [-0.2, 0) is 4.79 Å². The van der Waals surface area contributed by atoms with E-state index in [0.717, 1.165) is 23.0 Å². The predicted octanol–water partition coefficient (Wildman–Crippen LogP) is 1.71. The van der Waals surface area contributed by atoms with Gasteiger partial charge in [0.1, 0.15) is 5.03 Å². The zero-order chi connectivity index (χ0) is 9.97. The first-order chi connectivity index (χ1) is 6.83. The lowest BCUT2D eigenvalue weighted by Crippen LogP contribution is -2.34. The lowest BCUT2D eigenvalue weighted by atomic mass is 10.3. The van der Waals surface area contributed by atoms with Gasteiger partial charge in [0.25, 0.3) is 0 Å². The molecule has 0 bridgehead atoms. The Bertz CT molecular complexity index is 378. The number of pyridine rings is 1. The second-order valence-electron chi connectivity index (χ2n) is 2.87. The van der Waals surface area contributed by atoms with Gasteiger partial charge < -0.3 is 4.90 Å². The Hall–Kier alpha value is -1.29. The van der Waals surface area contributed by atoms with Crippen LogP contribution in [0, 0.1) is 0 Å². The number of aromatic nitrogens is 1. The van der Waals surface area contributed by atoms with E-state index in [4.69, 9.17) is 0 Å². The molecule has 0 spiro atoms. The molecule has 1 aliphatic rings. The summed E-state index contributed by atoms with van der Waals surface area (Å²) in [6.45, 7) is 4.22. The van der Waals surface area contributed by atoms with Crippen molar-refractivity contribution in [1.29, 1.82) is 0 Å². The minimum atomic E-state index is -0.0560. The fraction of sp³-hybridized carbons (Fsp3) is 0.200. The summed E-state index contributed by atoms with van der Waals surface area (Å²) in [5.41, 5.74) is 0.897. The molecule has 0 fully saturated rings. The molecule has 1 amide bonds. The van der Waals surface area contributed by atoms with E-state index in [9.17, 15) is 4.79 Å². The summed E-state index contributed by atoms with van der Waals surface area (Å²) >= 11 is 1.68. The van der Waals surface area contributed by atoms with Crippen LogP contribution in [0.3, 0.4) is 0 Å². The molecule has 0 radical (unpaired) electrons. The van der Waals surface area contributed by atoms with Gasteiger partial charge in [-0.3, -0.25) is 4.79 Å². The van der Waals surface area contributed by atoms with Crippen molar-refractivity contribution in [1.82, 2.24) is 4.98 Å². The normalized spacial score (nSPS) is 14.7. The van der Waals surface area contributed by atoms with E-state index in [-0.39, 0.29) is 5.91 Å². The number of rotatable bonds is 1. The number of anilines is 1. The number of carbonyl (C=O) groups excluding carboxylic acids is 1. The third-order valence-electron chi connectivity index (χ3n) is 2.04. The molecular weight excluding hydrogens is 196 g/mol. The van der Waals surface area contributed by atoms with Crippen LogP contribution < -0.4 is 4.90 Å². The van der Waals surface area contributed by atoms with Crippen molar-refractivity contribution in [2.45, 2.75) is 5.03 Å². The summed E-state index contributed by atoms with van der Waals surface area (Å²) in [5, 5.41) is 0.925. The van der Waals surface area contributed by atoms with Crippen LogP contribution in [0.2, 0.25) is 0 Å². The summed E-state index contributed by atoms with van der Waals surface area (Å²) < 4.78 is 0. The Kier molecular flexibility index (Phi) is 2.54. The van der Waals surface area contributed by atoms with Gasteiger partial charge in [-0.2, -0.15) is 0 Å². The fourth-order valence-electron chi connectivity index (χ4n) is 1.39. The first-order valence-corrected chi connectivity index (χ1v) is 5.33. The number of amides is 1. The third-order valence-corrected chi connectivity index (χ3v) is 3.01. The maximum absolute atomic E-state index is 11.5. The summed E-state index contributed by atoms with van der Waals surface area (Å²) in [6.07, 6.45) is 3.08. The minimum Gasteiger partial charge on any atom is -0.305 e. The van der Waals surface area contributed by atoms with Gasteiger partial charge in [-0.05, 0) is 18.2 Å². The smallest absolute Gasteiger partial charge is 0.250 e. The molecule has 72 valence electrons. The lowest BCUT2D eigenvalue weighted by molar-refractivity contribution is -0.114. The maximum atomic E-state index is 11.5. The average molecular weight is 206 g/mol. The van der Waals surface area contributed by atoms with Gasteiger partial charge >= 0.3 is 0 Å². The Morgan fingerprint density at radius 1 is 1.71 bits per heavy atom. The Morgan fingerprint density at radius 3 is 3.36 bits per heavy atom. The molecule has 4 heteroatoms. The van der Waals surface area contributed by atoms with Gasteiger partial charge in [0.05, 0.1) is 5.69 Å². The molecule has 2 heterocycles. The molecule has 1 aliphatic heterocycles. The van der Waals surface area contributed by atoms with E-state index >= 15 is 0 Å². The molecule has 0 saturated carbocycles. The Balaban J connectivity index is 2.40. The molecule has 0 saturated heterocycles. The van der Waals surface area contributed by atoms with Crippen molar-refractivity contribution in [3.05, 3.63) is 31.0 Å². The first kappa shape index (κ1) is 9.27. The quantitative estimate of drug-likeness (QED) is 0.656. The highest BCUT2D eigenvalue weighted by molar-refractivity contribution is 7.99. The van der Waals surface area contributed by atoms with E-state index in [1.807, 2.05) is 12.1 Å². The Morgan fingerprint density at radius 2 is 2.57 bits per heavy atom. The number of thioether (sulfide) groups is 1. The zero-order valence-corrected chi connectivity index (χ0v) is 8.46. The molecule has 0 atom stereocenters. The van der Waals surface area contributed by atoms with Gasteiger partial charge in [-0.1, -0.05) is 6.58 Å². The molecule has 0 aliphatic carbocycles. The van der Waals surface area contributed by atoms with Gasteiger partial charge in [-0.15, -0.1) is 11.8 Å². The first-order valence-electron chi connectivity index (χ1n) is 4.34. The summed E-state index contributed by atoms with van der Waals surface area (Å²) in [7, 11) is 0. The van der Waals surface area contributed by atoms with Crippen molar-refractivity contribution in [2.75, 3.05) is 17.2 Å². The van der Waals surface area contributed by atoms with Crippen molar-refractivity contribution in [2.24, 2.45) is 0 Å².